The monoisotopic (exact) mass is 309 g/mol. The summed E-state index contributed by atoms with van der Waals surface area (Å²) in [5.74, 6) is 0.756. The van der Waals surface area contributed by atoms with Crippen molar-refractivity contribution in [3.63, 3.8) is 0 Å². The molecule has 0 amide bonds. The van der Waals surface area contributed by atoms with Crippen molar-refractivity contribution in [2.75, 3.05) is 6.54 Å². The lowest BCUT2D eigenvalue weighted by atomic mass is 10.0. The van der Waals surface area contributed by atoms with Crippen LogP contribution < -0.4 is 5.32 Å². The number of imidazole rings is 1. The van der Waals surface area contributed by atoms with Crippen molar-refractivity contribution < 1.29 is 4.39 Å². The molecule has 0 aliphatic rings. The largest absolute Gasteiger partial charge is 0.335 e. The van der Waals surface area contributed by atoms with Gasteiger partial charge in [-0.25, -0.2) is 9.37 Å². The molecule has 0 saturated heterocycles. The van der Waals surface area contributed by atoms with Gasteiger partial charge in [-0.2, -0.15) is 0 Å². The Morgan fingerprint density at radius 3 is 2.81 bits per heavy atom. The van der Waals surface area contributed by atoms with Gasteiger partial charge in [-0.1, -0.05) is 24.6 Å². The highest BCUT2D eigenvalue weighted by molar-refractivity contribution is 6.31. The van der Waals surface area contributed by atoms with Crippen molar-refractivity contribution >= 4 is 11.6 Å². The van der Waals surface area contributed by atoms with Crippen molar-refractivity contribution in [2.45, 2.75) is 39.3 Å². The van der Waals surface area contributed by atoms with Crippen LogP contribution in [0.25, 0.3) is 0 Å². The first kappa shape index (κ1) is 16.0. The highest BCUT2D eigenvalue weighted by Crippen LogP contribution is 2.19. The standard InChI is InChI=1S/C16H21ClFN3/c1-3-19-14(11-16-20-7-8-21(16)4-2)9-12-5-6-13(18)10-15(12)17/h5-8,10,14,19H,3-4,9,11H2,1-2H3. The molecule has 0 spiro atoms. The zero-order valence-electron chi connectivity index (χ0n) is 12.4. The lowest BCUT2D eigenvalue weighted by Crippen LogP contribution is -2.34. The second-order valence-corrected chi connectivity index (χ2v) is 5.44. The first-order chi connectivity index (χ1) is 10.1. The molecule has 3 nitrogen and oxygen atoms in total. The third kappa shape index (κ3) is 4.29. The maximum absolute atomic E-state index is 13.1. The van der Waals surface area contributed by atoms with Crippen molar-refractivity contribution in [3.8, 4) is 0 Å². The van der Waals surface area contributed by atoms with Crippen LogP contribution in [-0.2, 0) is 19.4 Å². The van der Waals surface area contributed by atoms with E-state index in [1.807, 2.05) is 12.4 Å². The number of rotatable bonds is 7. The Balaban J connectivity index is 2.11. The van der Waals surface area contributed by atoms with E-state index in [1.165, 1.54) is 12.1 Å². The number of aromatic nitrogens is 2. The van der Waals surface area contributed by atoms with Crippen LogP contribution in [0.5, 0.6) is 0 Å². The highest BCUT2D eigenvalue weighted by Gasteiger charge is 2.14. The molecular weight excluding hydrogens is 289 g/mol. The third-order valence-electron chi connectivity index (χ3n) is 3.55. The van der Waals surface area contributed by atoms with Crippen LogP contribution >= 0.6 is 11.6 Å². The number of likely N-dealkylation sites (N-methyl/N-ethyl adjacent to an activating group) is 1. The Kier molecular flexibility index (Phi) is 5.76. The van der Waals surface area contributed by atoms with Crippen LogP contribution in [0, 0.1) is 5.82 Å². The molecule has 114 valence electrons. The van der Waals surface area contributed by atoms with E-state index >= 15 is 0 Å². The van der Waals surface area contributed by atoms with Gasteiger partial charge in [0, 0.05) is 36.4 Å². The average molecular weight is 310 g/mol. The van der Waals surface area contributed by atoms with Crippen LogP contribution in [0.4, 0.5) is 4.39 Å². The van der Waals surface area contributed by atoms with Gasteiger partial charge in [-0.3, -0.25) is 0 Å². The van der Waals surface area contributed by atoms with Crippen LogP contribution in [0.15, 0.2) is 30.6 Å². The first-order valence-corrected chi connectivity index (χ1v) is 7.69. The number of nitrogens with one attached hydrogen (secondary N) is 1. The molecule has 0 aliphatic heterocycles. The smallest absolute Gasteiger partial charge is 0.124 e. The molecule has 21 heavy (non-hydrogen) atoms. The Morgan fingerprint density at radius 1 is 1.33 bits per heavy atom. The normalized spacial score (nSPS) is 12.6. The van der Waals surface area contributed by atoms with Gasteiger partial charge in [-0.15, -0.1) is 0 Å². The van der Waals surface area contributed by atoms with E-state index in [0.717, 1.165) is 37.3 Å². The van der Waals surface area contributed by atoms with Crippen molar-refractivity contribution in [3.05, 3.63) is 52.8 Å². The lowest BCUT2D eigenvalue weighted by Gasteiger charge is -2.19. The minimum Gasteiger partial charge on any atom is -0.335 e. The Labute approximate surface area is 130 Å². The summed E-state index contributed by atoms with van der Waals surface area (Å²) >= 11 is 6.13. The summed E-state index contributed by atoms with van der Waals surface area (Å²) in [4.78, 5) is 4.42. The van der Waals surface area contributed by atoms with E-state index in [9.17, 15) is 4.39 Å². The Bertz CT molecular complexity index is 583. The summed E-state index contributed by atoms with van der Waals surface area (Å²) in [7, 11) is 0. The molecule has 0 saturated carbocycles. The average Bonchev–Trinajstić information content (AvgIpc) is 2.89. The quantitative estimate of drug-likeness (QED) is 0.849. The molecular formula is C16H21ClFN3. The van der Waals surface area contributed by atoms with Gasteiger partial charge in [0.2, 0.25) is 0 Å². The molecule has 1 unspecified atom stereocenters. The van der Waals surface area contributed by atoms with E-state index in [0.29, 0.717) is 5.02 Å². The fraction of sp³-hybridized carbons (Fsp3) is 0.438. The van der Waals surface area contributed by atoms with Gasteiger partial charge in [-0.05, 0) is 37.6 Å². The van der Waals surface area contributed by atoms with Gasteiger partial charge < -0.3 is 9.88 Å². The highest BCUT2D eigenvalue weighted by atomic mass is 35.5. The topological polar surface area (TPSA) is 29.9 Å². The number of aryl methyl sites for hydroxylation is 1. The maximum Gasteiger partial charge on any atom is 0.124 e. The van der Waals surface area contributed by atoms with Gasteiger partial charge in [0.1, 0.15) is 11.6 Å². The number of hydrogen-bond acceptors (Lipinski definition) is 2. The number of nitrogens with zero attached hydrogens (tertiary/aromatic N) is 2. The fourth-order valence-corrected chi connectivity index (χ4v) is 2.74. The zero-order valence-corrected chi connectivity index (χ0v) is 13.2. The van der Waals surface area contributed by atoms with Gasteiger partial charge in [0.15, 0.2) is 0 Å². The lowest BCUT2D eigenvalue weighted by molar-refractivity contribution is 0.498. The second kappa shape index (κ2) is 7.57. The predicted octanol–water partition coefficient (Wildman–Crippen LogP) is 3.46. The van der Waals surface area contributed by atoms with E-state index in [2.05, 4.69) is 28.7 Å². The first-order valence-electron chi connectivity index (χ1n) is 7.31. The molecule has 1 N–H and O–H groups in total. The van der Waals surface area contributed by atoms with Gasteiger partial charge >= 0.3 is 0 Å². The number of hydrogen-bond donors (Lipinski definition) is 1. The van der Waals surface area contributed by atoms with E-state index in [1.54, 1.807) is 6.07 Å². The van der Waals surface area contributed by atoms with Crippen LogP contribution in [0.2, 0.25) is 5.02 Å². The van der Waals surface area contributed by atoms with Crippen LogP contribution in [0.1, 0.15) is 25.2 Å². The molecule has 1 aromatic carbocycles. The molecule has 1 aromatic heterocycles. The van der Waals surface area contributed by atoms with E-state index in [4.69, 9.17) is 11.6 Å². The molecule has 0 radical (unpaired) electrons. The molecule has 0 bridgehead atoms. The minimum absolute atomic E-state index is 0.227. The predicted molar refractivity (Wildman–Crippen MR) is 84.2 cm³/mol. The third-order valence-corrected chi connectivity index (χ3v) is 3.90. The fourth-order valence-electron chi connectivity index (χ4n) is 2.50. The van der Waals surface area contributed by atoms with Crippen molar-refractivity contribution in [2.24, 2.45) is 0 Å². The number of halogens is 2. The molecule has 0 aliphatic carbocycles. The summed E-state index contributed by atoms with van der Waals surface area (Å²) in [5, 5.41) is 3.94. The summed E-state index contributed by atoms with van der Waals surface area (Å²) in [6.45, 7) is 5.96. The maximum atomic E-state index is 13.1. The minimum atomic E-state index is -0.301. The Morgan fingerprint density at radius 2 is 2.14 bits per heavy atom. The van der Waals surface area contributed by atoms with Crippen molar-refractivity contribution in [1.82, 2.24) is 14.9 Å². The molecule has 0 fully saturated rings. The molecule has 1 heterocycles. The van der Waals surface area contributed by atoms with Crippen LogP contribution in [0.3, 0.4) is 0 Å². The second-order valence-electron chi connectivity index (χ2n) is 5.03. The van der Waals surface area contributed by atoms with Gasteiger partial charge in [0.25, 0.3) is 0 Å². The molecule has 2 aromatic rings. The molecule has 5 heteroatoms. The van der Waals surface area contributed by atoms with E-state index in [-0.39, 0.29) is 11.9 Å². The Hall–Kier alpha value is -1.39. The summed E-state index contributed by atoms with van der Waals surface area (Å²) < 4.78 is 15.3. The van der Waals surface area contributed by atoms with Crippen LogP contribution in [-0.4, -0.2) is 22.1 Å². The molecule has 2 rings (SSSR count). The summed E-state index contributed by atoms with van der Waals surface area (Å²) in [6.07, 6.45) is 5.39. The SMILES string of the molecule is CCNC(Cc1ccc(F)cc1Cl)Cc1nccn1CC. The van der Waals surface area contributed by atoms with Crippen molar-refractivity contribution in [1.29, 1.82) is 0 Å². The molecule has 1 atom stereocenters. The van der Waals surface area contributed by atoms with E-state index < -0.39 is 0 Å². The summed E-state index contributed by atoms with van der Waals surface area (Å²) in [6, 6.07) is 4.81. The zero-order chi connectivity index (χ0) is 15.2. The number of benzene rings is 1. The summed E-state index contributed by atoms with van der Waals surface area (Å²) in [5.41, 5.74) is 0.957. The van der Waals surface area contributed by atoms with Gasteiger partial charge in [0.05, 0.1) is 0 Å².